The van der Waals surface area contributed by atoms with Crippen molar-refractivity contribution in [2.24, 2.45) is 0 Å². The molecule has 0 aliphatic carbocycles. The largest absolute Gasteiger partial charge is 0.373 e. The van der Waals surface area contributed by atoms with Crippen LogP contribution in [0.15, 0.2) is 66.9 Å². The fourth-order valence-electron chi connectivity index (χ4n) is 4.14. The fraction of sp³-hybridized carbons (Fsp3) is 0.280. The third-order valence-corrected chi connectivity index (χ3v) is 5.64. The normalized spacial score (nSPS) is 18.5. The molecule has 1 amide bonds. The number of hydrogen-bond donors (Lipinski definition) is 0. The molecule has 4 nitrogen and oxygen atoms in total. The summed E-state index contributed by atoms with van der Waals surface area (Å²) in [6.07, 6.45) is 2.81. The second-order valence-electron chi connectivity index (χ2n) is 7.63. The Balaban J connectivity index is 1.55. The molecule has 1 aliphatic heterocycles. The van der Waals surface area contributed by atoms with Crippen LogP contribution in [0.2, 0.25) is 0 Å². The third kappa shape index (κ3) is 4.80. The minimum absolute atomic E-state index is 0.0218. The SMILES string of the molecule is CCN(C(=O)c1ccccn1)[C@H]1CCO[C@@H](c2cccc(-c3cc(F)cc(F)c3)c2)C1. The van der Waals surface area contributed by atoms with Crippen molar-refractivity contribution in [2.45, 2.75) is 31.9 Å². The Bertz CT molecular complexity index is 1040. The molecule has 2 aromatic carbocycles. The fourth-order valence-corrected chi connectivity index (χ4v) is 4.14. The van der Waals surface area contributed by atoms with E-state index < -0.39 is 11.6 Å². The molecule has 2 heterocycles. The van der Waals surface area contributed by atoms with Crippen molar-refractivity contribution in [1.82, 2.24) is 9.88 Å². The Labute approximate surface area is 180 Å². The number of ether oxygens (including phenoxy) is 1. The summed E-state index contributed by atoms with van der Waals surface area (Å²) in [6.45, 7) is 3.07. The average molecular weight is 422 g/mol. The molecule has 0 radical (unpaired) electrons. The molecule has 0 N–H and O–H groups in total. The van der Waals surface area contributed by atoms with E-state index in [1.54, 1.807) is 18.3 Å². The second-order valence-corrected chi connectivity index (χ2v) is 7.63. The van der Waals surface area contributed by atoms with Gasteiger partial charge >= 0.3 is 0 Å². The van der Waals surface area contributed by atoms with Gasteiger partial charge in [-0.25, -0.2) is 8.78 Å². The van der Waals surface area contributed by atoms with Gasteiger partial charge in [-0.1, -0.05) is 24.3 Å². The van der Waals surface area contributed by atoms with Crippen LogP contribution in [0.5, 0.6) is 0 Å². The Morgan fingerprint density at radius 2 is 1.87 bits per heavy atom. The Morgan fingerprint density at radius 3 is 2.58 bits per heavy atom. The van der Waals surface area contributed by atoms with Gasteiger partial charge in [-0.15, -0.1) is 0 Å². The van der Waals surface area contributed by atoms with Gasteiger partial charge in [0.05, 0.1) is 6.10 Å². The maximum absolute atomic E-state index is 13.7. The van der Waals surface area contributed by atoms with E-state index in [0.29, 0.717) is 30.8 Å². The predicted octanol–water partition coefficient (Wildman–Crippen LogP) is 5.41. The quantitative estimate of drug-likeness (QED) is 0.552. The highest BCUT2D eigenvalue weighted by Crippen LogP contribution is 2.33. The van der Waals surface area contributed by atoms with E-state index in [2.05, 4.69) is 4.98 Å². The summed E-state index contributed by atoms with van der Waals surface area (Å²) in [5, 5.41) is 0. The van der Waals surface area contributed by atoms with Crippen molar-refractivity contribution < 1.29 is 18.3 Å². The van der Waals surface area contributed by atoms with Crippen LogP contribution in [0.4, 0.5) is 8.78 Å². The van der Waals surface area contributed by atoms with E-state index >= 15 is 0 Å². The zero-order valence-corrected chi connectivity index (χ0v) is 17.3. The molecule has 3 aromatic rings. The molecule has 0 saturated carbocycles. The van der Waals surface area contributed by atoms with Gasteiger partial charge in [0.2, 0.25) is 0 Å². The lowest BCUT2D eigenvalue weighted by Crippen LogP contribution is -2.44. The van der Waals surface area contributed by atoms with Gasteiger partial charge < -0.3 is 9.64 Å². The maximum Gasteiger partial charge on any atom is 0.272 e. The highest BCUT2D eigenvalue weighted by Gasteiger charge is 2.31. The smallest absolute Gasteiger partial charge is 0.272 e. The van der Waals surface area contributed by atoms with Crippen LogP contribution in [0.3, 0.4) is 0 Å². The number of amides is 1. The highest BCUT2D eigenvalue weighted by molar-refractivity contribution is 5.92. The summed E-state index contributed by atoms with van der Waals surface area (Å²) in [5.41, 5.74) is 2.56. The summed E-state index contributed by atoms with van der Waals surface area (Å²) < 4.78 is 33.3. The molecule has 0 unspecified atom stereocenters. The van der Waals surface area contributed by atoms with Gasteiger partial charge in [-0.05, 0) is 66.8 Å². The number of pyridine rings is 1. The molecule has 31 heavy (non-hydrogen) atoms. The first kappa shape index (κ1) is 21.1. The number of carbonyl (C=O) groups excluding carboxylic acids is 1. The summed E-state index contributed by atoms with van der Waals surface area (Å²) >= 11 is 0. The lowest BCUT2D eigenvalue weighted by molar-refractivity contribution is -0.0232. The van der Waals surface area contributed by atoms with Crippen molar-refractivity contribution in [3.63, 3.8) is 0 Å². The summed E-state index contributed by atoms with van der Waals surface area (Å²) in [7, 11) is 0. The number of hydrogen-bond acceptors (Lipinski definition) is 3. The van der Waals surface area contributed by atoms with E-state index in [1.807, 2.05) is 42.2 Å². The molecule has 6 heteroatoms. The van der Waals surface area contributed by atoms with Crippen LogP contribution in [-0.2, 0) is 4.74 Å². The first-order chi connectivity index (χ1) is 15.0. The summed E-state index contributed by atoms with van der Waals surface area (Å²) in [6, 6.07) is 16.4. The van der Waals surface area contributed by atoms with Gasteiger partial charge in [0.25, 0.3) is 5.91 Å². The molecular weight excluding hydrogens is 398 g/mol. The maximum atomic E-state index is 13.7. The van der Waals surface area contributed by atoms with Crippen molar-refractivity contribution in [1.29, 1.82) is 0 Å². The molecule has 160 valence electrons. The minimum Gasteiger partial charge on any atom is -0.373 e. The van der Waals surface area contributed by atoms with Crippen molar-refractivity contribution in [3.8, 4) is 11.1 Å². The van der Waals surface area contributed by atoms with Crippen molar-refractivity contribution in [2.75, 3.05) is 13.2 Å². The van der Waals surface area contributed by atoms with E-state index in [0.717, 1.165) is 23.6 Å². The number of aromatic nitrogens is 1. The van der Waals surface area contributed by atoms with Crippen LogP contribution in [0.1, 0.15) is 41.9 Å². The third-order valence-electron chi connectivity index (χ3n) is 5.64. The zero-order valence-electron chi connectivity index (χ0n) is 17.3. The minimum atomic E-state index is -0.610. The second kappa shape index (κ2) is 9.35. The molecule has 0 spiro atoms. The molecule has 1 aliphatic rings. The van der Waals surface area contributed by atoms with Crippen LogP contribution >= 0.6 is 0 Å². The predicted molar refractivity (Wildman–Crippen MR) is 114 cm³/mol. The van der Waals surface area contributed by atoms with E-state index in [9.17, 15) is 13.6 Å². The monoisotopic (exact) mass is 422 g/mol. The Kier molecular flexibility index (Phi) is 6.37. The molecule has 1 fully saturated rings. The number of rotatable bonds is 5. The number of benzene rings is 2. The van der Waals surface area contributed by atoms with E-state index in [-0.39, 0.29) is 18.1 Å². The topological polar surface area (TPSA) is 42.4 Å². The first-order valence-electron chi connectivity index (χ1n) is 10.4. The van der Waals surface area contributed by atoms with Crippen LogP contribution in [0.25, 0.3) is 11.1 Å². The number of nitrogens with zero attached hydrogens (tertiary/aromatic N) is 2. The van der Waals surface area contributed by atoms with Crippen LogP contribution in [-0.4, -0.2) is 35.0 Å². The van der Waals surface area contributed by atoms with Crippen LogP contribution < -0.4 is 0 Å². The number of carbonyl (C=O) groups is 1. The van der Waals surface area contributed by atoms with Gasteiger partial charge in [-0.3, -0.25) is 9.78 Å². The van der Waals surface area contributed by atoms with Crippen LogP contribution in [0, 0.1) is 11.6 Å². The average Bonchev–Trinajstić information content (AvgIpc) is 2.80. The molecule has 4 rings (SSSR count). The van der Waals surface area contributed by atoms with Gasteiger partial charge in [0.15, 0.2) is 0 Å². The summed E-state index contributed by atoms with van der Waals surface area (Å²) in [5.74, 6) is -1.31. The Morgan fingerprint density at radius 1 is 1.06 bits per heavy atom. The Hall–Kier alpha value is -3.12. The number of halogens is 2. The molecular formula is C25H24F2N2O2. The molecule has 2 atom stereocenters. The lowest BCUT2D eigenvalue weighted by Gasteiger charge is -2.37. The van der Waals surface area contributed by atoms with Gasteiger partial charge in [0.1, 0.15) is 17.3 Å². The molecule has 1 saturated heterocycles. The van der Waals surface area contributed by atoms with E-state index in [4.69, 9.17) is 4.74 Å². The van der Waals surface area contributed by atoms with Crippen molar-refractivity contribution >= 4 is 5.91 Å². The lowest BCUT2D eigenvalue weighted by atomic mass is 9.93. The van der Waals surface area contributed by atoms with E-state index in [1.165, 1.54) is 12.1 Å². The first-order valence-corrected chi connectivity index (χ1v) is 10.4. The van der Waals surface area contributed by atoms with Crippen molar-refractivity contribution in [3.05, 3.63) is 89.8 Å². The molecule has 0 bridgehead atoms. The van der Waals surface area contributed by atoms with Gasteiger partial charge in [-0.2, -0.15) is 0 Å². The van der Waals surface area contributed by atoms with Gasteiger partial charge in [0, 0.05) is 31.5 Å². The zero-order chi connectivity index (χ0) is 21.8. The standard InChI is InChI=1S/C25H24F2N2O2/c1-2-29(25(30)23-8-3-4-10-28-23)22-9-11-31-24(16-22)18-7-5-6-17(12-18)19-13-20(26)15-21(27)14-19/h3-8,10,12-15,22,24H,2,9,11,16H2,1H3/t22-,24+/m0/s1. The highest BCUT2D eigenvalue weighted by atomic mass is 19.1. The molecule has 1 aromatic heterocycles. The summed E-state index contributed by atoms with van der Waals surface area (Å²) in [4.78, 5) is 19.0.